The van der Waals surface area contributed by atoms with E-state index in [2.05, 4.69) is 44.8 Å². The van der Waals surface area contributed by atoms with Gasteiger partial charge in [0.1, 0.15) is 11.2 Å². The molecule has 2 aromatic carbocycles. The maximum atomic E-state index is 6.13. The highest BCUT2D eigenvalue weighted by atomic mass is 16.7. The third-order valence-corrected chi connectivity index (χ3v) is 11.5. The van der Waals surface area contributed by atoms with Gasteiger partial charge in [0.05, 0.1) is 16.9 Å². The summed E-state index contributed by atoms with van der Waals surface area (Å²) in [6.45, 7) is 8.21. The summed E-state index contributed by atoms with van der Waals surface area (Å²) in [6, 6.07) is 18.3. The van der Waals surface area contributed by atoms with E-state index in [1.807, 2.05) is 48.7 Å². The van der Waals surface area contributed by atoms with Crippen LogP contribution in [0.4, 0.5) is 0 Å². The second kappa shape index (κ2) is 20.4. The molecule has 0 bridgehead atoms. The summed E-state index contributed by atoms with van der Waals surface area (Å²) in [4.78, 5) is 4.69. The van der Waals surface area contributed by atoms with Crippen molar-refractivity contribution in [3.63, 3.8) is 0 Å². The van der Waals surface area contributed by atoms with Crippen LogP contribution in [0.15, 0.2) is 65.2 Å². The van der Waals surface area contributed by atoms with E-state index in [0.717, 1.165) is 38.7 Å². The van der Waals surface area contributed by atoms with Crippen LogP contribution in [0.2, 0.25) is 0 Å². The van der Waals surface area contributed by atoms with Crippen LogP contribution in [-0.2, 0) is 9.31 Å². The Morgan fingerprint density at radius 2 is 1.02 bits per heavy atom. The Morgan fingerprint density at radius 1 is 0.544 bits per heavy atom. The first-order chi connectivity index (χ1) is 26.6. The van der Waals surface area contributed by atoms with Crippen molar-refractivity contribution in [3.05, 3.63) is 60.8 Å². The van der Waals surface area contributed by atoms with Crippen LogP contribution in [0, 0.1) is 0 Å². The molecule has 1 aliphatic rings. The molecule has 57 heavy (non-hydrogen) atoms. The molecule has 4 aromatic rings. The van der Waals surface area contributed by atoms with Gasteiger partial charge in [-0.15, -0.1) is 0 Å². The van der Waals surface area contributed by atoms with E-state index in [0.29, 0.717) is 0 Å². The molecule has 31 radical (unpaired) electrons. The summed E-state index contributed by atoms with van der Waals surface area (Å²) in [7, 11) is 90.8. The lowest BCUT2D eigenvalue weighted by molar-refractivity contribution is 0.00578. The summed E-state index contributed by atoms with van der Waals surface area (Å²) < 4.78 is 18.4. The van der Waals surface area contributed by atoms with Crippen molar-refractivity contribution in [1.29, 1.82) is 0 Å². The first-order valence-electron chi connectivity index (χ1n) is 18.9. The number of benzene rings is 2. The highest BCUT2D eigenvalue weighted by Crippen LogP contribution is 2.37. The third kappa shape index (κ3) is 11.0. The van der Waals surface area contributed by atoms with Gasteiger partial charge in [-0.25, -0.2) is 0 Å². The topological polar surface area (TPSA) is 44.5 Å². The minimum Gasteiger partial charge on any atom is -0.455 e. The van der Waals surface area contributed by atoms with Crippen molar-refractivity contribution in [2.24, 2.45) is 0 Å². The lowest BCUT2D eigenvalue weighted by atomic mass is 8.32. The van der Waals surface area contributed by atoms with Gasteiger partial charge in [0.2, 0.25) is 0 Å². The van der Waals surface area contributed by atoms with Crippen molar-refractivity contribution in [3.8, 4) is 11.3 Å². The van der Waals surface area contributed by atoms with Crippen LogP contribution in [0.3, 0.4) is 0 Å². The summed E-state index contributed by atoms with van der Waals surface area (Å²) in [5, 5.41) is 2.22. The van der Waals surface area contributed by atoms with E-state index in [1.165, 1.54) is 7.06 Å². The number of furan rings is 1. The SMILES string of the molecule is CC1(C)OB(c2ccc(-c3cccc4c3oc3ccccc34)nc2)OC1(C)C.[B][B]B(B([B])[B])B(B(B([B])[B])B([B])[B])B(B(B([B])[B])B([B])[B])B(B([B])[B])B([B])[B]. The molecule has 0 aliphatic carbocycles. The van der Waals surface area contributed by atoms with E-state index in [1.54, 1.807) is 0 Å². The molecule has 4 nitrogen and oxygen atoms in total. The molecule has 1 saturated heterocycles. The average molecular weight is 685 g/mol. The van der Waals surface area contributed by atoms with Gasteiger partial charge in [-0.05, 0) is 45.9 Å². The molecule has 1 aliphatic heterocycles. The van der Waals surface area contributed by atoms with E-state index in [-0.39, 0.29) is 11.2 Å². The highest BCUT2D eigenvalue weighted by molar-refractivity contribution is 8.26. The number of hydrogen-bond donors (Lipinski definition) is 0. The van der Waals surface area contributed by atoms with Gasteiger partial charge < -0.3 is 13.7 Å². The molecule has 0 saturated carbocycles. The lowest BCUT2D eigenvalue weighted by Crippen LogP contribution is -2.87. The molecule has 5 rings (SSSR count). The molecule has 1 fully saturated rings. The van der Waals surface area contributed by atoms with Crippen molar-refractivity contribution in [2.45, 2.75) is 38.9 Å². The van der Waals surface area contributed by atoms with Crippen LogP contribution >= 0.6 is 0 Å². The van der Waals surface area contributed by atoms with E-state index in [4.69, 9.17) is 130 Å². The maximum Gasteiger partial charge on any atom is 0.496 e. The van der Waals surface area contributed by atoms with Gasteiger partial charge >= 0.3 is 7.12 Å². The monoisotopic (exact) mass is 690 g/mol. The quantitative estimate of drug-likeness (QED) is 0.117. The fourth-order valence-electron chi connectivity index (χ4n) is 7.99. The number of para-hydroxylation sites is 2. The molecule has 0 N–H and O–H groups in total. The van der Waals surface area contributed by atoms with Crippen LogP contribution in [-0.4, -0.2) is 229 Å². The molecule has 0 spiro atoms. The zero-order valence-electron chi connectivity index (χ0n) is 33.3. The van der Waals surface area contributed by atoms with Crippen molar-refractivity contribution < 1.29 is 13.7 Å². The van der Waals surface area contributed by atoms with Gasteiger partial charge in [0.15, 0.2) is 0 Å². The van der Waals surface area contributed by atoms with Crippen molar-refractivity contribution in [2.75, 3.05) is 0 Å². The van der Waals surface area contributed by atoms with Crippen molar-refractivity contribution >= 4 is 241 Å². The molecule has 2 aromatic heterocycles. The predicted molar refractivity (Wildman–Crippen MR) is 280 cm³/mol. The normalized spacial score (nSPS) is 13.7. The Morgan fingerprint density at radius 3 is 1.46 bits per heavy atom. The zero-order chi connectivity index (χ0) is 42.7. The van der Waals surface area contributed by atoms with E-state index >= 15 is 0 Å². The number of aromatic nitrogens is 1. The van der Waals surface area contributed by atoms with Crippen LogP contribution in [0.25, 0.3) is 33.2 Å². The van der Waals surface area contributed by atoms with Gasteiger partial charge in [0, 0.05) is 234 Å². The molecule has 34 heteroatoms. The first-order valence-corrected chi connectivity index (χ1v) is 18.9. The number of hydrogen-bond acceptors (Lipinski definition) is 4. The molecule has 0 unspecified atom stereocenters. The van der Waals surface area contributed by atoms with E-state index in [9.17, 15) is 0 Å². The first kappa shape index (κ1) is 48.9. The molecule has 3 heterocycles. The number of rotatable bonds is 15. The minimum absolute atomic E-state index is 0.365. The number of fused-ring (bicyclic) bond motifs is 3. The maximum absolute atomic E-state index is 6.13. The predicted octanol–water partition coefficient (Wildman–Crippen LogP) is -6.10. The summed E-state index contributed by atoms with van der Waals surface area (Å²) in [6.07, 6.45) is -10.0. The van der Waals surface area contributed by atoms with Gasteiger partial charge in [0.25, 0.3) is 0 Å². The van der Waals surface area contributed by atoms with Crippen molar-refractivity contribution in [1.82, 2.24) is 4.98 Å². The van der Waals surface area contributed by atoms with Gasteiger partial charge in [-0.2, -0.15) is 0 Å². The van der Waals surface area contributed by atoms with Crippen LogP contribution < -0.4 is 5.46 Å². The Hall–Kier alpha value is -0.742. The highest BCUT2D eigenvalue weighted by Gasteiger charge is 2.53. The second-order valence-electron chi connectivity index (χ2n) is 16.0. The fourth-order valence-corrected chi connectivity index (χ4v) is 7.99. The molecular weight excluding hydrogens is 663 g/mol. The Bertz CT molecular complexity index is 1820. The Labute approximate surface area is 368 Å². The molecular formula is C23H22B30NO3. The molecule has 227 valence electrons. The van der Waals surface area contributed by atoms with E-state index < -0.39 is 90.1 Å². The second-order valence-corrected chi connectivity index (χ2v) is 16.0. The average Bonchev–Trinajstić information content (AvgIpc) is 3.59. The summed E-state index contributed by atoms with van der Waals surface area (Å²) in [5.74, 6) is 0. The third-order valence-electron chi connectivity index (χ3n) is 11.5. The molecule has 0 atom stereocenters. The van der Waals surface area contributed by atoms with Gasteiger partial charge in [-0.1, -0.05) is 36.4 Å². The minimum atomic E-state index is -1.03. The zero-order valence-corrected chi connectivity index (χ0v) is 33.3. The summed E-state index contributed by atoms with van der Waals surface area (Å²) in [5.41, 5.74) is 3.78. The number of pyridine rings is 1. The Balaban J connectivity index is 0.000000252. The lowest BCUT2D eigenvalue weighted by Gasteiger charge is -2.49. The number of nitrogens with zero attached hydrogens (tertiary/aromatic N) is 1. The summed E-state index contributed by atoms with van der Waals surface area (Å²) >= 11 is 0. The van der Waals surface area contributed by atoms with Crippen LogP contribution in [0.1, 0.15) is 27.7 Å². The smallest absolute Gasteiger partial charge is 0.455 e. The van der Waals surface area contributed by atoms with Crippen LogP contribution in [0.5, 0.6) is 0 Å². The Kier molecular flexibility index (Phi) is 17.5. The fraction of sp³-hybridized carbons (Fsp3) is 0.261. The molecule has 0 amide bonds. The van der Waals surface area contributed by atoms with Gasteiger partial charge in [-0.3, -0.25) is 4.98 Å². The standard InChI is InChI=1S/C23H22BNO3.B29/c1-22(2)23(3,4)28-24(27-22)15-12-13-19(25-14-15)18-10-7-9-17-16-8-5-6-11-20(16)26-21(17)18;1-16-24(17(2)3)28(25(18(4)5)19(6)7)29(26(20(8)9)21(10)11)27(22(12)13)23(14)15/h5-14H,1-4H3;. The largest absolute Gasteiger partial charge is 0.496 e.